The molecular weight excluding hydrogens is 316 g/mol. The number of aromatic nitrogens is 3. The molecule has 0 amide bonds. The van der Waals surface area contributed by atoms with Crippen molar-refractivity contribution < 1.29 is 4.74 Å². The van der Waals surface area contributed by atoms with E-state index in [1.807, 2.05) is 30.6 Å². The van der Waals surface area contributed by atoms with Gasteiger partial charge in [0.1, 0.15) is 0 Å². The molecule has 0 aliphatic carbocycles. The molecule has 1 aliphatic heterocycles. The number of H-pyrrole nitrogens is 1. The Kier molecular flexibility index (Phi) is 4.29. The average molecular weight is 336 g/mol. The Labute approximate surface area is 145 Å². The second-order valence-electron chi connectivity index (χ2n) is 6.38. The van der Waals surface area contributed by atoms with Gasteiger partial charge in [0, 0.05) is 42.4 Å². The molecule has 6 nitrogen and oxygen atoms in total. The van der Waals surface area contributed by atoms with Gasteiger partial charge in [-0.05, 0) is 42.2 Å². The van der Waals surface area contributed by atoms with Gasteiger partial charge in [-0.15, -0.1) is 0 Å². The maximum atomic E-state index is 12.0. The molecule has 1 aliphatic rings. The van der Waals surface area contributed by atoms with Crippen molar-refractivity contribution in [1.82, 2.24) is 15.2 Å². The number of benzene rings is 1. The Bertz CT molecular complexity index is 961. The Morgan fingerprint density at radius 2 is 2.12 bits per heavy atom. The highest BCUT2D eigenvalue weighted by molar-refractivity contribution is 5.88. The maximum absolute atomic E-state index is 12.0. The number of nitrogens with two attached hydrogens (primary N) is 1. The summed E-state index contributed by atoms with van der Waals surface area (Å²) in [5.41, 5.74) is 9.46. The molecule has 0 bridgehead atoms. The fourth-order valence-corrected chi connectivity index (χ4v) is 3.40. The molecule has 1 unspecified atom stereocenters. The third kappa shape index (κ3) is 3.06. The van der Waals surface area contributed by atoms with Crippen LogP contribution in [-0.2, 0) is 11.3 Å². The molecule has 1 atom stereocenters. The summed E-state index contributed by atoms with van der Waals surface area (Å²) in [5.74, 6) is 0.394. The van der Waals surface area contributed by atoms with Crippen molar-refractivity contribution in [3.63, 3.8) is 0 Å². The normalized spacial score (nSPS) is 17.7. The summed E-state index contributed by atoms with van der Waals surface area (Å²) in [6.45, 7) is 1.87. The first kappa shape index (κ1) is 15.9. The van der Waals surface area contributed by atoms with Crippen molar-refractivity contribution in [3.05, 3.63) is 58.3 Å². The van der Waals surface area contributed by atoms with Gasteiger partial charge in [-0.2, -0.15) is 5.10 Å². The van der Waals surface area contributed by atoms with Crippen LogP contribution in [0.1, 0.15) is 30.0 Å². The molecule has 1 saturated heterocycles. The van der Waals surface area contributed by atoms with E-state index in [1.54, 1.807) is 0 Å². The number of ether oxygens (including phenoxy) is 1. The third-order valence-corrected chi connectivity index (χ3v) is 4.79. The number of aromatic amines is 1. The first-order chi connectivity index (χ1) is 12.3. The van der Waals surface area contributed by atoms with E-state index in [4.69, 9.17) is 10.5 Å². The summed E-state index contributed by atoms with van der Waals surface area (Å²) in [6.07, 6.45) is 5.97. The van der Waals surface area contributed by atoms with Gasteiger partial charge < -0.3 is 10.5 Å². The molecule has 0 saturated carbocycles. The van der Waals surface area contributed by atoms with Crippen LogP contribution in [0.2, 0.25) is 0 Å². The largest absolute Gasteiger partial charge is 0.381 e. The van der Waals surface area contributed by atoms with Gasteiger partial charge in [-0.1, -0.05) is 6.07 Å². The van der Waals surface area contributed by atoms with Crippen molar-refractivity contribution >= 4 is 10.8 Å². The zero-order chi connectivity index (χ0) is 17.2. The molecule has 4 rings (SSSR count). The molecular formula is C19H20N4O2. The van der Waals surface area contributed by atoms with Gasteiger partial charge in [-0.25, -0.2) is 5.10 Å². The molecule has 6 heteroatoms. The predicted molar refractivity (Wildman–Crippen MR) is 96.3 cm³/mol. The van der Waals surface area contributed by atoms with Crippen LogP contribution >= 0.6 is 0 Å². The summed E-state index contributed by atoms with van der Waals surface area (Å²) < 4.78 is 5.60. The van der Waals surface area contributed by atoms with Crippen LogP contribution in [0.25, 0.3) is 21.9 Å². The van der Waals surface area contributed by atoms with E-state index in [9.17, 15) is 4.79 Å². The molecule has 1 fully saturated rings. The van der Waals surface area contributed by atoms with Crippen LogP contribution in [0.3, 0.4) is 0 Å². The van der Waals surface area contributed by atoms with Crippen molar-refractivity contribution in [1.29, 1.82) is 0 Å². The van der Waals surface area contributed by atoms with E-state index in [0.29, 0.717) is 17.0 Å². The van der Waals surface area contributed by atoms with Gasteiger partial charge in [0.05, 0.1) is 17.7 Å². The van der Waals surface area contributed by atoms with Gasteiger partial charge in [-0.3, -0.25) is 9.78 Å². The number of pyridine rings is 1. The Morgan fingerprint density at radius 1 is 1.20 bits per heavy atom. The van der Waals surface area contributed by atoms with Crippen molar-refractivity contribution in [3.8, 4) is 11.1 Å². The third-order valence-electron chi connectivity index (χ3n) is 4.79. The lowest BCUT2D eigenvalue weighted by Gasteiger charge is -2.22. The molecule has 1 aromatic carbocycles. The zero-order valence-electron chi connectivity index (χ0n) is 13.9. The van der Waals surface area contributed by atoms with Crippen molar-refractivity contribution in [2.45, 2.75) is 25.3 Å². The minimum absolute atomic E-state index is 0.204. The SMILES string of the molecule is NCc1n[nH]c(=O)c2ccc(-c3cncc(C4CCCOC4)c3)cc12. The number of rotatable bonds is 3. The number of hydrogen-bond donors (Lipinski definition) is 2. The summed E-state index contributed by atoms with van der Waals surface area (Å²) in [6, 6.07) is 7.89. The van der Waals surface area contributed by atoms with Crippen LogP contribution in [0, 0.1) is 0 Å². The van der Waals surface area contributed by atoms with E-state index in [-0.39, 0.29) is 12.1 Å². The quantitative estimate of drug-likeness (QED) is 0.765. The predicted octanol–water partition coefficient (Wildman–Crippen LogP) is 2.34. The van der Waals surface area contributed by atoms with Gasteiger partial charge in [0.15, 0.2) is 0 Å². The maximum Gasteiger partial charge on any atom is 0.272 e. The Morgan fingerprint density at radius 3 is 2.92 bits per heavy atom. The van der Waals surface area contributed by atoms with E-state index < -0.39 is 0 Å². The highest BCUT2D eigenvalue weighted by atomic mass is 16.5. The van der Waals surface area contributed by atoms with Crippen molar-refractivity contribution in [2.24, 2.45) is 5.73 Å². The molecule has 0 spiro atoms. The lowest BCUT2D eigenvalue weighted by Crippen LogP contribution is -2.15. The molecule has 3 heterocycles. The van der Waals surface area contributed by atoms with E-state index in [0.717, 1.165) is 42.6 Å². The van der Waals surface area contributed by atoms with Crippen LogP contribution in [0.5, 0.6) is 0 Å². The van der Waals surface area contributed by atoms with Crippen LogP contribution in [0.4, 0.5) is 0 Å². The highest BCUT2D eigenvalue weighted by Crippen LogP contribution is 2.29. The molecule has 25 heavy (non-hydrogen) atoms. The van der Waals surface area contributed by atoms with Crippen molar-refractivity contribution in [2.75, 3.05) is 13.2 Å². The van der Waals surface area contributed by atoms with Gasteiger partial charge in [0.25, 0.3) is 5.56 Å². The topological polar surface area (TPSA) is 93.9 Å². The van der Waals surface area contributed by atoms with Crippen LogP contribution in [0.15, 0.2) is 41.5 Å². The second-order valence-corrected chi connectivity index (χ2v) is 6.38. The molecule has 3 N–H and O–H groups in total. The van der Waals surface area contributed by atoms with Gasteiger partial charge >= 0.3 is 0 Å². The minimum atomic E-state index is -0.204. The van der Waals surface area contributed by atoms with E-state index in [2.05, 4.69) is 21.2 Å². The average Bonchev–Trinajstić information content (AvgIpc) is 2.69. The molecule has 2 aromatic heterocycles. The summed E-state index contributed by atoms with van der Waals surface area (Å²) in [4.78, 5) is 16.4. The lowest BCUT2D eigenvalue weighted by atomic mass is 9.92. The highest BCUT2D eigenvalue weighted by Gasteiger charge is 2.17. The number of nitrogens with one attached hydrogen (secondary N) is 1. The molecule has 0 radical (unpaired) electrons. The van der Waals surface area contributed by atoms with Crippen LogP contribution < -0.4 is 11.3 Å². The lowest BCUT2D eigenvalue weighted by molar-refractivity contribution is 0.0803. The minimum Gasteiger partial charge on any atom is -0.381 e. The first-order valence-corrected chi connectivity index (χ1v) is 8.50. The second kappa shape index (κ2) is 6.74. The monoisotopic (exact) mass is 336 g/mol. The number of nitrogens with zero attached hydrogens (tertiary/aromatic N) is 2. The fraction of sp³-hybridized carbons (Fsp3) is 0.316. The Balaban J connectivity index is 1.78. The molecule has 128 valence electrons. The smallest absolute Gasteiger partial charge is 0.272 e. The Hall–Kier alpha value is -2.57. The van der Waals surface area contributed by atoms with Crippen LogP contribution in [-0.4, -0.2) is 28.4 Å². The number of fused-ring (bicyclic) bond motifs is 1. The zero-order valence-corrected chi connectivity index (χ0v) is 13.9. The molecule has 3 aromatic rings. The van der Waals surface area contributed by atoms with Gasteiger partial charge in [0.2, 0.25) is 0 Å². The van der Waals surface area contributed by atoms with E-state index >= 15 is 0 Å². The summed E-state index contributed by atoms with van der Waals surface area (Å²) >= 11 is 0. The summed E-state index contributed by atoms with van der Waals surface area (Å²) in [7, 11) is 0. The number of hydrogen-bond acceptors (Lipinski definition) is 5. The first-order valence-electron chi connectivity index (χ1n) is 8.50. The fourth-order valence-electron chi connectivity index (χ4n) is 3.40. The van der Waals surface area contributed by atoms with E-state index in [1.165, 1.54) is 5.56 Å². The summed E-state index contributed by atoms with van der Waals surface area (Å²) in [5, 5.41) is 7.94. The standard InChI is InChI=1S/C19H20N4O2/c20-8-18-17-7-12(3-4-16(17)19(24)23-22-18)14-6-15(10-21-9-14)13-2-1-5-25-11-13/h3-4,6-7,9-10,13H,1-2,5,8,11,20H2,(H,23,24).